The molecular formula is C22H23N3O4. The molecule has 0 unspecified atom stereocenters. The number of hydrogen-bond donors (Lipinski definition) is 0. The first kappa shape index (κ1) is 20.3. The normalized spacial score (nSPS) is 14.1. The highest BCUT2D eigenvalue weighted by Gasteiger charge is 2.44. The number of imide groups is 2. The molecule has 150 valence electrons. The number of aromatic nitrogens is 1. The van der Waals surface area contributed by atoms with E-state index in [1.54, 1.807) is 6.07 Å². The van der Waals surface area contributed by atoms with Crippen LogP contribution in [0.1, 0.15) is 32.9 Å². The number of ketones is 1. The number of carbonyl (C=O) groups is 4. The maximum atomic E-state index is 12.9. The fourth-order valence-electron chi connectivity index (χ4n) is 3.52. The van der Waals surface area contributed by atoms with Crippen molar-refractivity contribution in [3.63, 3.8) is 0 Å². The first-order chi connectivity index (χ1) is 13.7. The van der Waals surface area contributed by atoms with Crippen LogP contribution in [0.25, 0.3) is 5.69 Å². The van der Waals surface area contributed by atoms with E-state index in [0.717, 1.165) is 21.8 Å². The molecule has 3 rings (SSSR count). The van der Waals surface area contributed by atoms with Crippen molar-refractivity contribution < 1.29 is 19.2 Å². The van der Waals surface area contributed by atoms with Gasteiger partial charge < -0.3 is 4.57 Å². The van der Waals surface area contributed by atoms with Crippen LogP contribution in [0.15, 0.2) is 36.9 Å². The van der Waals surface area contributed by atoms with Gasteiger partial charge in [0.1, 0.15) is 0 Å². The van der Waals surface area contributed by atoms with Gasteiger partial charge in [-0.15, -0.1) is 6.58 Å². The predicted molar refractivity (Wildman–Crippen MR) is 108 cm³/mol. The molecule has 7 nitrogen and oxygen atoms in total. The number of urea groups is 1. The molecule has 0 aliphatic carbocycles. The summed E-state index contributed by atoms with van der Waals surface area (Å²) in [4.78, 5) is 50.8. The fraction of sp³-hybridized carbons (Fsp3) is 0.273. The summed E-state index contributed by atoms with van der Waals surface area (Å²) in [6.07, 6.45) is 1.35. The molecular weight excluding hydrogens is 370 g/mol. The van der Waals surface area contributed by atoms with Gasteiger partial charge in [-0.2, -0.15) is 0 Å². The number of nitrogens with zero attached hydrogens (tertiary/aromatic N) is 3. The molecule has 1 aliphatic rings. The van der Waals surface area contributed by atoms with Crippen molar-refractivity contribution in [2.45, 2.75) is 27.7 Å². The Kier molecular flexibility index (Phi) is 5.24. The lowest BCUT2D eigenvalue weighted by atomic mass is 10.1. The monoisotopic (exact) mass is 393 g/mol. The lowest BCUT2D eigenvalue weighted by molar-refractivity contribution is -0.142. The van der Waals surface area contributed by atoms with Crippen molar-refractivity contribution in [2.75, 3.05) is 13.1 Å². The van der Waals surface area contributed by atoms with Gasteiger partial charge in [0.15, 0.2) is 5.78 Å². The third kappa shape index (κ3) is 3.40. The number of aryl methyl sites for hydroxylation is 3. The van der Waals surface area contributed by atoms with Gasteiger partial charge in [-0.25, -0.2) is 9.69 Å². The number of hydrogen-bond acceptors (Lipinski definition) is 4. The first-order valence-corrected chi connectivity index (χ1v) is 9.25. The highest BCUT2D eigenvalue weighted by atomic mass is 16.2. The molecule has 0 atom stereocenters. The molecule has 2 heterocycles. The highest BCUT2D eigenvalue weighted by molar-refractivity contribution is 6.45. The van der Waals surface area contributed by atoms with E-state index >= 15 is 0 Å². The molecule has 0 saturated carbocycles. The summed E-state index contributed by atoms with van der Waals surface area (Å²) in [5, 5.41) is 0. The van der Waals surface area contributed by atoms with Crippen LogP contribution in [-0.2, 0) is 9.59 Å². The van der Waals surface area contributed by atoms with E-state index in [4.69, 9.17) is 0 Å². The lowest BCUT2D eigenvalue weighted by Crippen LogP contribution is -2.37. The van der Waals surface area contributed by atoms with Gasteiger partial charge in [0.25, 0.3) is 0 Å². The van der Waals surface area contributed by atoms with E-state index in [0.29, 0.717) is 16.2 Å². The van der Waals surface area contributed by atoms with E-state index in [9.17, 15) is 19.2 Å². The summed E-state index contributed by atoms with van der Waals surface area (Å²) in [5.41, 5.74) is 5.23. The summed E-state index contributed by atoms with van der Waals surface area (Å²) >= 11 is 0. The molecule has 0 bridgehead atoms. The molecule has 0 radical (unpaired) electrons. The Morgan fingerprint density at radius 1 is 0.966 bits per heavy atom. The Labute approximate surface area is 169 Å². The van der Waals surface area contributed by atoms with Gasteiger partial charge in [0.2, 0.25) is 0 Å². The average Bonchev–Trinajstić information content (AvgIpc) is 3.08. The molecule has 1 aromatic carbocycles. The smallest absolute Gasteiger partial charge is 0.318 e. The molecule has 1 aromatic heterocycles. The summed E-state index contributed by atoms with van der Waals surface area (Å²) in [5.74, 6) is -2.33. The quantitative estimate of drug-likeness (QED) is 0.327. The highest BCUT2D eigenvalue weighted by Crippen LogP contribution is 2.24. The van der Waals surface area contributed by atoms with Crippen LogP contribution in [0, 0.1) is 27.7 Å². The molecule has 7 heteroatoms. The van der Waals surface area contributed by atoms with Crippen LogP contribution >= 0.6 is 0 Å². The van der Waals surface area contributed by atoms with Crippen molar-refractivity contribution >= 4 is 23.6 Å². The van der Waals surface area contributed by atoms with E-state index in [2.05, 4.69) is 6.58 Å². The van der Waals surface area contributed by atoms with Crippen LogP contribution in [0.5, 0.6) is 0 Å². The molecule has 1 fully saturated rings. The topological polar surface area (TPSA) is 79.7 Å². The second-order valence-corrected chi connectivity index (χ2v) is 7.19. The van der Waals surface area contributed by atoms with Crippen molar-refractivity contribution in [3.05, 3.63) is 65.0 Å². The molecule has 4 amide bonds. The first-order valence-electron chi connectivity index (χ1n) is 9.25. The second-order valence-electron chi connectivity index (χ2n) is 7.19. The Morgan fingerprint density at radius 2 is 1.62 bits per heavy atom. The fourth-order valence-corrected chi connectivity index (χ4v) is 3.52. The van der Waals surface area contributed by atoms with E-state index in [-0.39, 0.29) is 6.54 Å². The van der Waals surface area contributed by atoms with Crippen molar-refractivity contribution in [2.24, 2.45) is 0 Å². The molecule has 1 saturated heterocycles. The van der Waals surface area contributed by atoms with Gasteiger partial charge in [-0.05, 0) is 57.0 Å². The Hall–Kier alpha value is -3.48. The summed E-state index contributed by atoms with van der Waals surface area (Å²) in [6.45, 7) is 10.7. The summed E-state index contributed by atoms with van der Waals surface area (Å²) in [7, 11) is 0. The number of amides is 4. The Bertz CT molecular complexity index is 1060. The zero-order valence-electron chi connectivity index (χ0n) is 17.0. The number of benzene rings is 1. The zero-order valence-corrected chi connectivity index (χ0v) is 17.0. The van der Waals surface area contributed by atoms with Gasteiger partial charge in [-0.3, -0.25) is 19.3 Å². The number of Topliss-reactive ketones (excluding diaryl/α,β-unsaturated/α-hetero) is 1. The minimum absolute atomic E-state index is 0.0740. The van der Waals surface area contributed by atoms with Gasteiger partial charge in [0, 0.05) is 29.2 Å². The van der Waals surface area contributed by atoms with Crippen LogP contribution < -0.4 is 0 Å². The van der Waals surface area contributed by atoms with Gasteiger partial charge >= 0.3 is 17.8 Å². The number of carbonyl (C=O) groups excluding carboxylic acids is 4. The lowest BCUT2D eigenvalue weighted by Gasteiger charge is -2.14. The third-order valence-corrected chi connectivity index (χ3v) is 5.23. The van der Waals surface area contributed by atoms with Crippen molar-refractivity contribution in [1.29, 1.82) is 0 Å². The average molecular weight is 393 g/mol. The van der Waals surface area contributed by atoms with Gasteiger partial charge in [-0.1, -0.05) is 12.1 Å². The third-order valence-electron chi connectivity index (χ3n) is 5.23. The van der Waals surface area contributed by atoms with E-state index in [1.807, 2.05) is 50.5 Å². The minimum Gasteiger partial charge on any atom is -0.318 e. The van der Waals surface area contributed by atoms with Crippen molar-refractivity contribution in [3.8, 4) is 5.69 Å². The van der Waals surface area contributed by atoms with Gasteiger partial charge in [0.05, 0.1) is 6.54 Å². The molecule has 0 spiro atoms. The maximum absolute atomic E-state index is 12.9. The van der Waals surface area contributed by atoms with E-state index in [1.165, 1.54) is 11.6 Å². The predicted octanol–water partition coefficient (Wildman–Crippen LogP) is 2.87. The van der Waals surface area contributed by atoms with Crippen LogP contribution in [0.3, 0.4) is 0 Å². The van der Waals surface area contributed by atoms with Crippen LogP contribution in [-0.4, -0.2) is 51.1 Å². The van der Waals surface area contributed by atoms with Crippen LogP contribution in [0.2, 0.25) is 0 Å². The molecule has 1 aliphatic heterocycles. The van der Waals surface area contributed by atoms with Crippen LogP contribution in [0.4, 0.5) is 4.79 Å². The van der Waals surface area contributed by atoms with E-state index < -0.39 is 30.2 Å². The number of rotatable bonds is 6. The summed E-state index contributed by atoms with van der Waals surface area (Å²) in [6, 6.07) is 6.99. The molecule has 29 heavy (non-hydrogen) atoms. The Balaban J connectivity index is 1.90. The molecule has 0 N–H and O–H groups in total. The minimum atomic E-state index is -0.992. The summed E-state index contributed by atoms with van der Waals surface area (Å²) < 4.78 is 1.96. The Morgan fingerprint density at radius 3 is 2.24 bits per heavy atom. The SMILES string of the molecule is C=CCN1C(=O)C(=O)N(CC(=O)c2cc(C)n(-c3ccc(C)c(C)c3)c2C)C1=O. The second kappa shape index (κ2) is 7.50. The standard InChI is InChI=1S/C22H23N3O4/c1-6-9-23-20(27)21(28)24(22(23)29)12-19(26)18-11-15(4)25(16(18)5)17-8-7-13(2)14(3)10-17/h6-8,10-11H,1,9,12H2,2-5H3. The zero-order chi connectivity index (χ0) is 21.5. The largest absolute Gasteiger partial charge is 0.334 e. The molecule has 2 aromatic rings. The van der Waals surface area contributed by atoms with Crippen molar-refractivity contribution in [1.82, 2.24) is 14.4 Å². The maximum Gasteiger partial charge on any atom is 0.334 e.